The first-order chi connectivity index (χ1) is 11.7. The maximum absolute atomic E-state index is 14.7. The number of imide groups is 1. The number of benzene rings is 1. The molecule has 0 aliphatic carbocycles. The van der Waals surface area contributed by atoms with Crippen molar-refractivity contribution >= 4 is 17.9 Å². The zero-order chi connectivity index (χ0) is 18.5. The number of fused-ring (bicyclic) bond motifs is 1. The molecule has 0 saturated carbocycles. The summed E-state index contributed by atoms with van der Waals surface area (Å²) in [6.45, 7) is 1.85. The molecule has 8 heteroatoms. The number of amides is 3. The number of alkyl halides is 2. The number of nitrogens with zero attached hydrogens (tertiary/aromatic N) is 2. The summed E-state index contributed by atoms with van der Waals surface area (Å²) >= 11 is 0. The molecule has 3 amide bonds. The third-order valence-electron chi connectivity index (χ3n) is 5.20. The molecule has 1 aromatic rings. The van der Waals surface area contributed by atoms with E-state index in [9.17, 15) is 28.3 Å². The van der Waals surface area contributed by atoms with Crippen LogP contribution in [0.5, 0.6) is 0 Å². The van der Waals surface area contributed by atoms with Crippen molar-refractivity contribution in [1.29, 1.82) is 0 Å². The number of halogens is 2. The molecule has 1 fully saturated rings. The predicted octanol–water partition coefficient (Wildman–Crippen LogP) is 2.55. The highest BCUT2D eigenvalue weighted by Crippen LogP contribution is 2.42. The van der Waals surface area contributed by atoms with Gasteiger partial charge in [0.05, 0.1) is 17.0 Å². The first kappa shape index (κ1) is 17.3. The molecule has 1 N–H and O–H groups in total. The van der Waals surface area contributed by atoms with Gasteiger partial charge in [-0.1, -0.05) is 19.1 Å². The summed E-state index contributed by atoms with van der Waals surface area (Å²) in [5, 5.41) is 9.25. The minimum atomic E-state index is -3.19. The molecule has 0 bridgehead atoms. The Morgan fingerprint density at radius 2 is 1.72 bits per heavy atom. The molecule has 3 rings (SSSR count). The Morgan fingerprint density at radius 1 is 1.20 bits per heavy atom. The lowest BCUT2D eigenvalue weighted by Crippen LogP contribution is -2.61. The Bertz CT molecular complexity index is 717. The van der Waals surface area contributed by atoms with Gasteiger partial charge in [0.2, 0.25) is 0 Å². The smallest absolute Gasteiger partial charge is 0.407 e. The molecule has 3 unspecified atom stereocenters. The van der Waals surface area contributed by atoms with Gasteiger partial charge in [-0.3, -0.25) is 14.5 Å². The van der Waals surface area contributed by atoms with Crippen molar-refractivity contribution in [3.05, 3.63) is 35.4 Å². The number of carboxylic acid groups (broad SMARTS) is 1. The number of carbonyl (C=O) groups excluding carboxylic acids is 2. The highest BCUT2D eigenvalue weighted by atomic mass is 19.3. The second kappa shape index (κ2) is 5.79. The lowest BCUT2D eigenvalue weighted by molar-refractivity contribution is -0.159. The van der Waals surface area contributed by atoms with Crippen LogP contribution in [0.15, 0.2) is 24.3 Å². The van der Waals surface area contributed by atoms with E-state index in [2.05, 4.69) is 0 Å². The summed E-state index contributed by atoms with van der Waals surface area (Å²) in [7, 11) is 0. The van der Waals surface area contributed by atoms with Gasteiger partial charge in [0.25, 0.3) is 17.7 Å². The van der Waals surface area contributed by atoms with Gasteiger partial charge in [-0.25, -0.2) is 13.6 Å². The third kappa shape index (κ3) is 2.56. The largest absolute Gasteiger partial charge is 0.465 e. The third-order valence-corrected chi connectivity index (χ3v) is 5.20. The summed E-state index contributed by atoms with van der Waals surface area (Å²) in [6, 6.07) is 5.13. The molecule has 3 atom stereocenters. The van der Waals surface area contributed by atoms with Gasteiger partial charge in [0, 0.05) is 25.0 Å². The average Bonchev–Trinajstić information content (AvgIpc) is 2.79. The highest BCUT2D eigenvalue weighted by Gasteiger charge is 2.55. The molecule has 2 aliphatic heterocycles. The van der Waals surface area contributed by atoms with Crippen LogP contribution in [0.4, 0.5) is 13.6 Å². The lowest BCUT2D eigenvalue weighted by atomic mass is 9.80. The molecule has 2 aliphatic rings. The molecule has 134 valence electrons. The van der Waals surface area contributed by atoms with Crippen LogP contribution in [0.1, 0.15) is 34.6 Å². The minimum Gasteiger partial charge on any atom is -0.465 e. The number of rotatable bonds is 2. The van der Waals surface area contributed by atoms with E-state index in [1.165, 1.54) is 26.0 Å². The number of hydrogen-bond acceptors (Lipinski definition) is 3. The topological polar surface area (TPSA) is 77.9 Å². The molecule has 0 radical (unpaired) electrons. The van der Waals surface area contributed by atoms with Gasteiger partial charge in [-0.2, -0.15) is 0 Å². The standard InChI is InChI=1S/C17H18F2N2O4/c1-9-7-20(16(24)25)10(2)13(17(9,18)19)8-21-14(22)11-5-3-4-6-12(11)15(21)23/h3-6,9-10,13H,7-8H2,1-2H3,(H,24,25). The molecule has 6 nitrogen and oxygen atoms in total. The van der Waals surface area contributed by atoms with Crippen LogP contribution in [0.2, 0.25) is 0 Å². The van der Waals surface area contributed by atoms with E-state index in [4.69, 9.17) is 0 Å². The van der Waals surface area contributed by atoms with Crippen LogP contribution < -0.4 is 0 Å². The predicted molar refractivity (Wildman–Crippen MR) is 83.6 cm³/mol. The van der Waals surface area contributed by atoms with Gasteiger partial charge in [-0.15, -0.1) is 0 Å². The van der Waals surface area contributed by atoms with Crippen LogP contribution in [0.3, 0.4) is 0 Å². The van der Waals surface area contributed by atoms with Crippen LogP contribution in [-0.4, -0.2) is 57.9 Å². The second-order valence-corrected chi connectivity index (χ2v) is 6.62. The van der Waals surface area contributed by atoms with Gasteiger partial charge >= 0.3 is 6.09 Å². The second-order valence-electron chi connectivity index (χ2n) is 6.62. The fraction of sp³-hybridized carbons (Fsp3) is 0.471. The molecule has 2 heterocycles. The maximum atomic E-state index is 14.7. The molecule has 0 aromatic heterocycles. The average molecular weight is 352 g/mol. The van der Waals surface area contributed by atoms with E-state index in [1.54, 1.807) is 12.1 Å². The van der Waals surface area contributed by atoms with Crippen LogP contribution in [-0.2, 0) is 0 Å². The van der Waals surface area contributed by atoms with Gasteiger partial charge in [-0.05, 0) is 19.1 Å². The van der Waals surface area contributed by atoms with Crippen molar-refractivity contribution < 1.29 is 28.3 Å². The molecule has 1 aromatic carbocycles. The molecular formula is C17H18F2N2O4. The van der Waals surface area contributed by atoms with E-state index in [0.29, 0.717) is 0 Å². The fourth-order valence-corrected chi connectivity index (χ4v) is 3.62. The van der Waals surface area contributed by atoms with Gasteiger partial charge in [0.1, 0.15) is 0 Å². The van der Waals surface area contributed by atoms with Crippen LogP contribution >= 0.6 is 0 Å². The minimum absolute atomic E-state index is 0.183. The number of hydrogen-bond donors (Lipinski definition) is 1. The first-order valence-corrected chi connectivity index (χ1v) is 7.98. The highest BCUT2D eigenvalue weighted by molar-refractivity contribution is 6.21. The fourth-order valence-electron chi connectivity index (χ4n) is 3.62. The number of carbonyl (C=O) groups is 3. The Morgan fingerprint density at radius 3 is 2.20 bits per heavy atom. The Kier molecular flexibility index (Phi) is 4.01. The summed E-state index contributed by atoms with van der Waals surface area (Å²) in [5.74, 6) is -7.11. The van der Waals surface area contributed by atoms with E-state index in [-0.39, 0.29) is 17.7 Å². The Balaban J connectivity index is 1.91. The molecule has 1 saturated heterocycles. The number of likely N-dealkylation sites (tertiary alicyclic amines) is 1. The van der Waals surface area contributed by atoms with Crippen LogP contribution in [0, 0.1) is 11.8 Å². The van der Waals surface area contributed by atoms with Crippen molar-refractivity contribution in [3.8, 4) is 0 Å². The number of piperidine rings is 1. The van der Waals surface area contributed by atoms with E-state index < -0.39 is 48.3 Å². The van der Waals surface area contributed by atoms with Gasteiger partial charge in [0.15, 0.2) is 0 Å². The Labute approximate surface area is 143 Å². The molecule has 25 heavy (non-hydrogen) atoms. The van der Waals surface area contributed by atoms with Crippen molar-refractivity contribution in [1.82, 2.24) is 9.80 Å². The summed E-state index contributed by atoms with van der Waals surface area (Å²) < 4.78 is 29.4. The van der Waals surface area contributed by atoms with Gasteiger partial charge < -0.3 is 10.0 Å². The summed E-state index contributed by atoms with van der Waals surface area (Å²) in [4.78, 5) is 37.9. The monoisotopic (exact) mass is 352 g/mol. The van der Waals surface area contributed by atoms with E-state index in [1.807, 2.05) is 0 Å². The zero-order valence-corrected chi connectivity index (χ0v) is 13.8. The zero-order valence-electron chi connectivity index (χ0n) is 13.8. The van der Waals surface area contributed by atoms with Crippen molar-refractivity contribution in [3.63, 3.8) is 0 Å². The summed E-state index contributed by atoms with van der Waals surface area (Å²) in [5.41, 5.74) is 0.366. The first-order valence-electron chi connectivity index (χ1n) is 7.98. The normalized spacial score (nSPS) is 28.2. The molecule has 0 spiro atoms. The quantitative estimate of drug-likeness (QED) is 0.830. The molecular weight excluding hydrogens is 334 g/mol. The van der Waals surface area contributed by atoms with Crippen molar-refractivity contribution in [2.45, 2.75) is 25.8 Å². The lowest BCUT2D eigenvalue weighted by Gasteiger charge is -2.46. The van der Waals surface area contributed by atoms with E-state index >= 15 is 0 Å². The summed E-state index contributed by atoms with van der Waals surface area (Å²) in [6.07, 6.45) is -1.29. The SMILES string of the molecule is CC1C(CN2C(=O)c3ccccc3C2=O)C(F)(F)C(C)CN1C(=O)O. The van der Waals surface area contributed by atoms with Crippen molar-refractivity contribution in [2.24, 2.45) is 11.8 Å². The Hall–Kier alpha value is -2.51. The van der Waals surface area contributed by atoms with Crippen molar-refractivity contribution in [2.75, 3.05) is 13.1 Å². The van der Waals surface area contributed by atoms with Crippen LogP contribution in [0.25, 0.3) is 0 Å². The maximum Gasteiger partial charge on any atom is 0.407 e. The van der Waals surface area contributed by atoms with E-state index in [0.717, 1.165) is 9.80 Å².